The lowest BCUT2D eigenvalue weighted by Crippen LogP contribution is -2.18. The fourth-order valence-corrected chi connectivity index (χ4v) is 1.87. The maximum atomic E-state index is 3.47. The topological polar surface area (TPSA) is 27.8 Å². The second kappa shape index (κ2) is 5.32. The molecule has 0 bridgehead atoms. The van der Waals surface area contributed by atoms with Gasteiger partial charge in [0.1, 0.15) is 0 Å². The van der Waals surface area contributed by atoms with Gasteiger partial charge in [0.05, 0.1) is 0 Å². The molecule has 2 rings (SSSR count). The molecule has 1 atom stereocenters. The first kappa shape index (κ1) is 11.4. The highest BCUT2D eigenvalue weighted by Gasteiger charge is 2.04. The molecule has 84 valence electrons. The number of H-pyrrole nitrogens is 1. The standard InChI is InChI=1S/C13H15BrN2/c1-10(11-4-6-12(14)7-5-11)16-9-13-3-2-8-15-13/h2-8,10,15-16H,9H2,1H3/t10-/m0/s1. The molecule has 16 heavy (non-hydrogen) atoms. The lowest BCUT2D eigenvalue weighted by Gasteiger charge is -2.13. The van der Waals surface area contributed by atoms with Gasteiger partial charge in [0.15, 0.2) is 0 Å². The molecule has 0 saturated carbocycles. The van der Waals surface area contributed by atoms with Crippen LogP contribution in [-0.4, -0.2) is 4.98 Å². The molecule has 1 aromatic heterocycles. The lowest BCUT2D eigenvalue weighted by molar-refractivity contribution is 0.569. The summed E-state index contributed by atoms with van der Waals surface area (Å²) in [6.07, 6.45) is 1.95. The minimum Gasteiger partial charge on any atom is -0.364 e. The Kier molecular flexibility index (Phi) is 3.80. The van der Waals surface area contributed by atoms with Gasteiger partial charge < -0.3 is 10.3 Å². The van der Waals surface area contributed by atoms with Crippen LogP contribution in [-0.2, 0) is 6.54 Å². The number of hydrogen-bond donors (Lipinski definition) is 2. The predicted molar refractivity (Wildman–Crippen MR) is 70.2 cm³/mol. The van der Waals surface area contributed by atoms with E-state index in [1.54, 1.807) is 0 Å². The number of rotatable bonds is 4. The van der Waals surface area contributed by atoms with Gasteiger partial charge in [-0.2, -0.15) is 0 Å². The number of aromatic amines is 1. The molecule has 1 heterocycles. The average Bonchev–Trinajstić information content (AvgIpc) is 2.80. The minimum atomic E-state index is 0.358. The van der Waals surface area contributed by atoms with E-state index in [0.717, 1.165) is 11.0 Å². The predicted octanol–water partition coefficient (Wildman–Crippen LogP) is 3.63. The molecule has 0 unspecified atom stereocenters. The fraction of sp³-hybridized carbons (Fsp3) is 0.231. The van der Waals surface area contributed by atoms with E-state index in [0.29, 0.717) is 6.04 Å². The van der Waals surface area contributed by atoms with Crippen LogP contribution in [0.25, 0.3) is 0 Å². The first-order chi connectivity index (χ1) is 7.75. The third-order valence-electron chi connectivity index (χ3n) is 2.63. The highest BCUT2D eigenvalue weighted by atomic mass is 79.9. The maximum Gasteiger partial charge on any atom is 0.0362 e. The van der Waals surface area contributed by atoms with E-state index in [-0.39, 0.29) is 0 Å². The van der Waals surface area contributed by atoms with Crippen molar-refractivity contribution < 1.29 is 0 Å². The average molecular weight is 279 g/mol. The summed E-state index contributed by atoms with van der Waals surface area (Å²) in [5.41, 5.74) is 2.51. The normalized spacial score (nSPS) is 12.6. The molecular weight excluding hydrogens is 264 g/mol. The molecule has 3 heteroatoms. The quantitative estimate of drug-likeness (QED) is 0.878. The summed E-state index contributed by atoms with van der Waals surface area (Å²) in [6, 6.07) is 12.9. The fourth-order valence-electron chi connectivity index (χ4n) is 1.61. The van der Waals surface area contributed by atoms with E-state index < -0.39 is 0 Å². The summed E-state index contributed by atoms with van der Waals surface area (Å²) in [5.74, 6) is 0. The maximum absolute atomic E-state index is 3.47. The van der Waals surface area contributed by atoms with Gasteiger partial charge in [0.25, 0.3) is 0 Å². The Hall–Kier alpha value is -1.06. The van der Waals surface area contributed by atoms with Crippen LogP contribution in [0.2, 0.25) is 0 Å². The molecule has 0 aliphatic heterocycles. The number of aromatic nitrogens is 1. The first-order valence-electron chi connectivity index (χ1n) is 5.37. The lowest BCUT2D eigenvalue weighted by atomic mass is 10.1. The van der Waals surface area contributed by atoms with Crippen molar-refractivity contribution in [2.75, 3.05) is 0 Å². The van der Waals surface area contributed by atoms with Gasteiger partial charge in [-0.25, -0.2) is 0 Å². The summed E-state index contributed by atoms with van der Waals surface area (Å²) < 4.78 is 1.12. The van der Waals surface area contributed by atoms with E-state index in [1.165, 1.54) is 11.3 Å². The largest absolute Gasteiger partial charge is 0.364 e. The molecule has 2 nitrogen and oxygen atoms in total. The zero-order chi connectivity index (χ0) is 11.4. The third-order valence-corrected chi connectivity index (χ3v) is 3.16. The van der Waals surface area contributed by atoms with Crippen molar-refractivity contribution in [2.45, 2.75) is 19.5 Å². The van der Waals surface area contributed by atoms with Crippen LogP contribution in [0.4, 0.5) is 0 Å². The van der Waals surface area contributed by atoms with Crippen LogP contribution in [0.3, 0.4) is 0 Å². The monoisotopic (exact) mass is 278 g/mol. The Morgan fingerprint density at radius 3 is 2.62 bits per heavy atom. The Morgan fingerprint density at radius 1 is 1.25 bits per heavy atom. The van der Waals surface area contributed by atoms with Gasteiger partial charge in [-0.1, -0.05) is 28.1 Å². The molecule has 0 aliphatic rings. The Bertz CT molecular complexity index is 420. The number of benzene rings is 1. The third kappa shape index (κ3) is 2.97. The molecule has 1 aromatic carbocycles. The molecule has 0 amide bonds. The van der Waals surface area contributed by atoms with Gasteiger partial charge in [-0.15, -0.1) is 0 Å². The molecule has 0 fully saturated rings. The van der Waals surface area contributed by atoms with Crippen LogP contribution in [0.1, 0.15) is 24.2 Å². The van der Waals surface area contributed by atoms with E-state index in [2.05, 4.69) is 63.5 Å². The highest BCUT2D eigenvalue weighted by Crippen LogP contribution is 2.16. The number of hydrogen-bond acceptors (Lipinski definition) is 1. The SMILES string of the molecule is C[C@H](NCc1ccc[nH]1)c1ccc(Br)cc1. The van der Waals surface area contributed by atoms with Gasteiger partial charge in [0.2, 0.25) is 0 Å². The minimum absolute atomic E-state index is 0.358. The summed E-state index contributed by atoms with van der Waals surface area (Å²) in [5, 5.41) is 3.47. The smallest absolute Gasteiger partial charge is 0.0362 e. The summed E-state index contributed by atoms with van der Waals surface area (Å²) in [4.78, 5) is 3.18. The first-order valence-corrected chi connectivity index (χ1v) is 6.16. The Morgan fingerprint density at radius 2 is 2.00 bits per heavy atom. The number of nitrogens with one attached hydrogen (secondary N) is 2. The van der Waals surface area contributed by atoms with Crippen LogP contribution in [0.15, 0.2) is 47.1 Å². The van der Waals surface area contributed by atoms with Crippen molar-refractivity contribution in [3.63, 3.8) is 0 Å². The molecule has 2 N–H and O–H groups in total. The van der Waals surface area contributed by atoms with Crippen molar-refractivity contribution >= 4 is 15.9 Å². The van der Waals surface area contributed by atoms with Crippen LogP contribution in [0, 0.1) is 0 Å². The van der Waals surface area contributed by atoms with E-state index in [9.17, 15) is 0 Å². The molecule has 2 aromatic rings. The second-order valence-electron chi connectivity index (χ2n) is 3.85. The van der Waals surface area contributed by atoms with Crippen molar-refractivity contribution in [3.05, 3.63) is 58.3 Å². The van der Waals surface area contributed by atoms with Crippen molar-refractivity contribution in [1.82, 2.24) is 10.3 Å². The van der Waals surface area contributed by atoms with Crippen molar-refractivity contribution in [3.8, 4) is 0 Å². The molecule has 0 radical (unpaired) electrons. The van der Waals surface area contributed by atoms with Crippen LogP contribution in [0.5, 0.6) is 0 Å². The zero-order valence-corrected chi connectivity index (χ0v) is 10.8. The summed E-state index contributed by atoms with van der Waals surface area (Å²) >= 11 is 3.44. The molecular formula is C13H15BrN2. The van der Waals surface area contributed by atoms with Gasteiger partial charge >= 0.3 is 0 Å². The highest BCUT2D eigenvalue weighted by molar-refractivity contribution is 9.10. The van der Waals surface area contributed by atoms with Gasteiger partial charge in [-0.05, 0) is 36.8 Å². The summed E-state index contributed by atoms with van der Waals surface area (Å²) in [6.45, 7) is 3.04. The Balaban J connectivity index is 1.93. The zero-order valence-electron chi connectivity index (χ0n) is 9.20. The van der Waals surface area contributed by atoms with Crippen molar-refractivity contribution in [1.29, 1.82) is 0 Å². The van der Waals surface area contributed by atoms with E-state index >= 15 is 0 Å². The number of halogens is 1. The van der Waals surface area contributed by atoms with Gasteiger partial charge in [-0.3, -0.25) is 0 Å². The van der Waals surface area contributed by atoms with Crippen molar-refractivity contribution in [2.24, 2.45) is 0 Å². The second-order valence-corrected chi connectivity index (χ2v) is 4.77. The molecule has 0 aliphatic carbocycles. The van der Waals surface area contributed by atoms with Crippen LogP contribution >= 0.6 is 15.9 Å². The van der Waals surface area contributed by atoms with Gasteiger partial charge in [0, 0.05) is 29.0 Å². The Labute approximate surface area is 104 Å². The van der Waals surface area contributed by atoms with Crippen LogP contribution < -0.4 is 5.32 Å². The molecule has 0 spiro atoms. The van der Waals surface area contributed by atoms with E-state index in [4.69, 9.17) is 0 Å². The molecule has 0 saturated heterocycles. The summed E-state index contributed by atoms with van der Waals surface area (Å²) in [7, 11) is 0. The van der Waals surface area contributed by atoms with E-state index in [1.807, 2.05) is 12.3 Å².